The minimum atomic E-state index is 0.196. The fourth-order valence-corrected chi connectivity index (χ4v) is 3.37. The van der Waals surface area contributed by atoms with Crippen LogP contribution in [0.1, 0.15) is 32.1 Å². The summed E-state index contributed by atoms with van der Waals surface area (Å²) in [4.78, 5) is 13.6. The molecule has 0 radical (unpaired) electrons. The number of carbonyl (C=O) groups excluding carboxylic acids is 1. The van der Waals surface area contributed by atoms with Crippen LogP contribution in [0, 0.1) is 5.92 Å². The molecule has 1 N–H and O–H groups in total. The van der Waals surface area contributed by atoms with Crippen LogP contribution in [0.5, 0.6) is 0 Å². The predicted molar refractivity (Wildman–Crippen MR) is 49.4 cm³/mol. The van der Waals surface area contributed by atoms with Gasteiger partial charge in [-0.1, -0.05) is 6.42 Å². The molecule has 3 unspecified atom stereocenters. The zero-order valence-electron chi connectivity index (χ0n) is 7.83. The van der Waals surface area contributed by atoms with Crippen molar-refractivity contribution in [2.24, 2.45) is 5.92 Å². The van der Waals surface area contributed by atoms with Crippen LogP contribution in [0.4, 0.5) is 4.79 Å². The topological polar surface area (TPSA) is 32.3 Å². The van der Waals surface area contributed by atoms with Crippen LogP contribution in [0.15, 0.2) is 0 Å². The van der Waals surface area contributed by atoms with Crippen molar-refractivity contribution in [3.8, 4) is 0 Å². The zero-order chi connectivity index (χ0) is 8.84. The number of nitrogens with zero attached hydrogens (tertiary/aromatic N) is 1. The number of amides is 2. The van der Waals surface area contributed by atoms with Gasteiger partial charge in [0.1, 0.15) is 0 Å². The number of nitrogens with one attached hydrogen (secondary N) is 1. The minimum absolute atomic E-state index is 0.196. The van der Waals surface area contributed by atoms with Crippen LogP contribution in [-0.4, -0.2) is 29.6 Å². The Hall–Kier alpha value is -0.730. The van der Waals surface area contributed by atoms with Crippen molar-refractivity contribution < 1.29 is 4.79 Å². The van der Waals surface area contributed by atoms with Gasteiger partial charge >= 0.3 is 6.03 Å². The quantitative estimate of drug-likeness (QED) is 0.599. The number of hydrogen-bond donors (Lipinski definition) is 1. The molecular formula is C10H16N2O. The fourth-order valence-electron chi connectivity index (χ4n) is 3.37. The van der Waals surface area contributed by atoms with E-state index in [2.05, 4.69) is 10.2 Å². The maximum Gasteiger partial charge on any atom is 0.318 e. The molecule has 1 saturated carbocycles. The smallest absolute Gasteiger partial charge is 0.318 e. The van der Waals surface area contributed by atoms with E-state index in [4.69, 9.17) is 0 Å². The molecule has 2 heterocycles. The second-order valence-electron chi connectivity index (χ2n) is 4.57. The molecule has 2 saturated heterocycles. The van der Waals surface area contributed by atoms with Gasteiger partial charge in [-0.25, -0.2) is 4.79 Å². The summed E-state index contributed by atoms with van der Waals surface area (Å²) < 4.78 is 0. The Kier molecular flexibility index (Phi) is 1.55. The normalized spacial score (nSPS) is 42.9. The lowest BCUT2D eigenvalue weighted by Crippen LogP contribution is -2.48. The van der Waals surface area contributed by atoms with Gasteiger partial charge in [-0.15, -0.1) is 0 Å². The SMILES string of the molecule is O=C1NC2CCCC3CCCN1C32. The highest BCUT2D eigenvalue weighted by atomic mass is 16.2. The molecule has 3 heteroatoms. The van der Waals surface area contributed by atoms with E-state index in [1.54, 1.807) is 0 Å². The number of carbonyl (C=O) groups is 1. The Labute approximate surface area is 78.5 Å². The van der Waals surface area contributed by atoms with Gasteiger partial charge in [0, 0.05) is 6.54 Å². The highest BCUT2D eigenvalue weighted by molar-refractivity contribution is 5.78. The van der Waals surface area contributed by atoms with Gasteiger partial charge in [-0.05, 0) is 31.6 Å². The van der Waals surface area contributed by atoms with Crippen molar-refractivity contribution in [3.63, 3.8) is 0 Å². The van der Waals surface area contributed by atoms with Crippen LogP contribution in [0.2, 0.25) is 0 Å². The highest BCUT2D eigenvalue weighted by Crippen LogP contribution is 2.38. The highest BCUT2D eigenvalue weighted by Gasteiger charge is 2.46. The van der Waals surface area contributed by atoms with E-state index in [0.717, 1.165) is 12.5 Å². The van der Waals surface area contributed by atoms with E-state index < -0.39 is 0 Å². The molecule has 72 valence electrons. The first-order valence-corrected chi connectivity index (χ1v) is 5.43. The molecule has 3 fully saturated rings. The number of rotatable bonds is 0. The maximum absolute atomic E-state index is 11.6. The summed E-state index contributed by atoms with van der Waals surface area (Å²) in [5.74, 6) is 0.798. The van der Waals surface area contributed by atoms with Crippen LogP contribution < -0.4 is 5.32 Å². The molecule has 13 heavy (non-hydrogen) atoms. The van der Waals surface area contributed by atoms with Crippen molar-refractivity contribution in [2.75, 3.05) is 6.54 Å². The summed E-state index contributed by atoms with van der Waals surface area (Å²) in [5.41, 5.74) is 0. The molecular weight excluding hydrogens is 164 g/mol. The maximum atomic E-state index is 11.6. The van der Waals surface area contributed by atoms with Gasteiger partial charge in [0.15, 0.2) is 0 Å². The van der Waals surface area contributed by atoms with Crippen LogP contribution in [-0.2, 0) is 0 Å². The van der Waals surface area contributed by atoms with E-state index in [1.807, 2.05) is 0 Å². The van der Waals surface area contributed by atoms with Gasteiger partial charge in [0.25, 0.3) is 0 Å². The van der Waals surface area contributed by atoms with Crippen molar-refractivity contribution in [3.05, 3.63) is 0 Å². The first kappa shape index (κ1) is 7.65. The fraction of sp³-hybridized carbons (Fsp3) is 0.900. The van der Waals surface area contributed by atoms with Gasteiger partial charge in [0.05, 0.1) is 12.1 Å². The minimum Gasteiger partial charge on any atom is -0.333 e. The van der Waals surface area contributed by atoms with Gasteiger partial charge in [-0.2, -0.15) is 0 Å². The van der Waals surface area contributed by atoms with Gasteiger partial charge in [0.2, 0.25) is 0 Å². The molecule has 3 aliphatic rings. The average Bonchev–Trinajstić information content (AvgIpc) is 2.47. The third-order valence-electron chi connectivity index (χ3n) is 3.89. The van der Waals surface area contributed by atoms with E-state index in [0.29, 0.717) is 12.1 Å². The molecule has 1 aliphatic carbocycles. The van der Waals surface area contributed by atoms with E-state index >= 15 is 0 Å². The number of urea groups is 1. The Morgan fingerprint density at radius 1 is 1.23 bits per heavy atom. The van der Waals surface area contributed by atoms with E-state index in [1.165, 1.54) is 32.1 Å². The van der Waals surface area contributed by atoms with Crippen molar-refractivity contribution >= 4 is 6.03 Å². The van der Waals surface area contributed by atoms with E-state index in [-0.39, 0.29) is 6.03 Å². The number of piperidine rings is 1. The summed E-state index contributed by atoms with van der Waals surface area (Å²) in [6.07, 6.45) is 6.39. The monoisotopic (exact) mass is 180 g/mol. The summed E-state index contributed by atoms with van der Waals surface area (Å²) in [7, 11) is 0. The molecule has 3 rings (SSSR count). The summed E-state index contributed by atoms with van der Waals surface area (Å²) in [6, 6.07) is 1.23. The molecule has 3 atom stereocenters. The molecule has 0 bridgehead atoms. The first-order chi connectivity index (χ1) is 6.36. The van der Waals surface area contributed by atoms with Crippen molar-refractivity contribution in [2.45, 2.75) is 44.2 Å². The Morgan fingerprint density at radius 3 is 3.00 bits per heavy atom. The predicted octanol–water partition coefficient (Wildman–Crippen LogP) is 1.34. The molecule has 2 aliphatic heterocycles. The Morgan fingerprint density at radius 2 is 2.08 bits per heavy atom. The lowest BCUT2D eigenvalue weighted by atomic mass is 9.77. The largest absolute Gasteiger partial charge is 0.333 e. The van der Waals surface area contributed by atoms with Crippen LogP contribution in [0.3, 0.4) is 0 Å². The Balaban J connectivity index is 1.91. The van der Waals surface area contributed by atoms with Crippen LogP contribution in [0.25, 0.3) is 0 Å². The summed E-state index contributed by atoms with van der Waals surface area (Å²) in [5, 5.41) is 3.11. The molecule has 2 amide bonds. The second-order valence-corrected chi connectivity index (χ2v) is 4.57. The standard InChI is InChI=1S/C10H16N2O/c13-10-11-8-5-1-3-7-4-2-6-12(10)9(7)8/h7-9H,1-6H2,(H,11,13). The summed E-state index contributed by atoms with van der Waals surface area (Å²) >= 11 is 0. The van der Waals surface area contributed by atoms with E-state index in [9.17, 15) is 4.79 Å². The molecule has 0 spiro atoms. The zero-order valence-corrected chi connectivity index (χ0v) is 7.83. The molecule has 0 aromatic carbocycles. The van der Waals surface area contributed by atoms with Gasteiger partial charge in [-0.3, -0.25) is 0 Å². The van der Waals surface area contributed by atoms with Crippen molar-refractivity contribution in [1.29, 1.82) is 0 Å². The average molecular weight is 180 g/mol. The molecule has 3 nitrogen and oxygen atoms in total. The third kappa shape index (κ3) is 0.990. The first-order valence-electron chi connectivity index (χ1n) is 5.43. The summed E-state index contributed by atoms with van der Waals surface area (Å²) in [6.45, 7) is 0.990. The number of hydrogen-bond acceptors (Lipinski definition) is 1. The Bertz CT molecular complexity index is 239. The second kappa shape index (κ2) is 2.63. The van der Waals surface area contributed by atoms with Gasteiger partial charge < -0.3 is 10.2 Å². The lowest BCUT2D eigenvalue weighted by Gasteiger charge is -2.41. The molecule has 0 aromatic heterocycles. The van der Waals surface area contributed by atoms with Crippen molar-refractivity contribution in [1.82, 2.24) is 10.2 Å². The lowest BCUT2D eigenvalue weighted by molar-refractivity contribution is 0.108. The molecule has 0 aromatic rings. The van der Waals surface area contributed by atoms with Crippen LogP contribution >= 0.6 is 0 Å². The third-order valence-corrected chi connectivity index (χ3v) is 3.89.